The summed E-state index contributed by atoms with van der Waals surface area (Å²) in [6.45, 7) is 12.1. The number of allylic oxidation sites excluding steroid dienone is 1. The fourth-order valence-corrected chi connectivity index (χ4v) is 6.24. The molecule has 0 aliphatic heterocycles. The molecule has 34 heavy (non-hydrogen) atoms. The van der Waals surface area contributed by atoms with Gasteiger partial charge in [0.1, 0.15) is 17.5 Å². The van der Waals surface area contributed by atoms with E-state index in [0.29, 0.717) is 29.2 Å². The quantitative estimate of drug-likeness (QED) is 0.512. The highest BCUT2D eigenvalue weighted by molar-refractivity contribution is 6.02. The molecular weight excluding hydrogens is 432 g/mol. The van der Waals surface area contributed by atoms with E-state index < -0.39 is 35.5 Å². The molecule has 1 aromatic rings. The number of fused-ring (bicyclic) bond motifs is 2. The number of carbonyl (C=O) groups excluding carboxylic acids is 2. The minimum Gasteiger partial charge on any atom is -0.497 e. The van der Waals surface area contributed by atoms with Gasteiger partial charge in [0.2, 0.25) is 0 Å². The molecule has 7 atom stereocenters. The van der Waals surface area contributed by atoms with E-state index in [2.05, 4.69) is 20.4 Å². The Balaban J connectivity index is 1.74. The predicted octanol–water partition coefficient (Wildman–Crippen LogP) is 4.11. The number of Topliss-reactive ketones (excluding diaryl/α,β-unsaturated/α-hetero) is 1. The largest absolute Gasteiger partial charge is 0.497 e. The highest BCUT2D eigenvalue weighted by Gasteiger charge is 2.61. The van der Waals surface area contributed by atoms with Crippen LogP contribution in [0.2, 0.25) is 0 Å². The number of methoxy groups -OCH3 is 1. The Labute approximate surface area is 201 Å². The number of esters is 1. The van der Waals surface area contributed by atoms with E-state index in [1.807, 2.05) is 6.08 Å². The van der Waals surface area contributed by atoms with Crippen molar-refractivity contribution in [2.45, 2.75) is 64.8 Å². The Hall–Kier alpha value is -2.44. The van der Waals surface area contributed by atoms with Crippen molar-refractivity contribution in [2.75, 3.05) is 7.11 Å². The van der Waals surface area contributed by atoms with E-state index in [0.717, 1.165) is 6.42 Å². The summed E-state index contributed by atoms with van der Waals surface area (Å²) in [5, 5.41) is 22.9. The molecule has 0 aromatic heterocycles. The molecule has 0 heterocycles. The van der Waals surface area contributed by atoms with Crippen LogP contribution in [0.5, 0.6) is 5.75 Å². The van der Waals surface area contributed by atoms with Crippen molar-refractivity contribution in [2.24, 2.45) is 29.1 Å². The Bertz CT molecular complexity index is 1040. The molecule has 4 rings (SSSR count). The van der Waals surface area contributed by atoms with Gasteiger partial charge in [-0.15, -0.1) is 0 Å². The van der Waals surface area contributed by atoms with Gasteiger partial charge in [0.15, 0.2) is 5.78 Å². The highest BCUT2D eigenvalue weighted by atomic mass is 16.5. The smallest absolute Gasteiger partial charge is 0.338 e. The second-order valence-corrected chi connectivity index (χ2v) is 11.0. The predicted molar refractivity (Wildman–Crippen MR) is 128 cm³/mol. The lowest BCUT2D eigenvalue weighted by Gasteiger charge is -2.36. The van der Waals surface area contributed by atoms with Crippen LogP contribution in [0.25, 0.3) is 0 Å². The van der Waals surface area contributed by atoms with Crippen LogP contribution in [0.4, 0.5) is 0 Å². The minimum absolute atomic E-state index is 0.0539. The topological polar surface area (TPSA) is 93.1 Å². The average molecular weight is 469 g/mol. The number of ether oxygens (including phenoxy) is 2. The number of benzene rings is 1. The fourth-order valence-electron chi connectivity index (χ4n) is 6.24. The van der Waals surface area contributed by atoms with Gasteiger partial charge in [-0.05, 0) is 78.7 Å². The zero-order chi connectivity index (χ0) is 25.0. The van der Waals surface area contributed by atoms with E-state index in [9.17, 15) is 19.8 Å². The van der Waals surface area contributed by atoms with Crippen LogP contribution in [-0.2, 0) is 9.53 Å². The van der Waals surface area contributed by atoms with Gasteiger partial charge in [-0.1, -0.05) is 39.5 Å². The molecule has 0 saturated heterocycles. The van der Waals surface area contributed by atoms with E-state index in [1.165, 1.54) is 7.11 Å². The van der Waals surface area contributed by atoms with Crippen LogP contribution >= 0.6 is 0 Å². The van der Waals surface area contributed by atoms with Gasteiger partial charge in [-0.3, -0.25) is 4.79 Å². The van der Waals surface area contributed by atoms with Gasteiger partial charge in [0.05, 0.1) is 24.7 Å². The molecule has 2 fully saturated rings. The molecule has 2 N–H and O–H groups in total. The molecule has 2 saturated carbocycles. The van der Waals surface area contributed by atoms with Crippen molar-refractivity contribution >= 4 is 11.8 Å². The van der Waals surface area contributed by atoms with Gasteiger partial charge in [-0.2, -0.15) is 0 Å². The minimum atomic E-state index is -1.85. The van der Waals surface area contributed by atoms with Gasteiger partial charge in [0.25, 0.3) is 0 Å². The van der Waals surface area contributed by atoms with Crippen LogP contribution < -0.4 is 4.74 Å². The second kappa shape index (κ2) is 8.65. The third-order valence-corrected chi connectivity index (χ3v) is 8.50. The van der Waals surface area contributed by atoms with Gasteiger partial charge in [0, 0.05) is 0 Å². The average Bonchev–Trinajstić information content (AvgIpc) is 3.22. The Morgan fingerprint density at radius 1 is 1.26 bits per heavy atom. The van der Waals surface area contributed by atoms with Gasteiger partial charge < -0.3 is 19.7 Å². The van der Waals surface area contributed by atoms with Crippen molar-refractivity contribution in [1.82, 2.24) is 0 Å². The summed E-state index contributed by atoms with van der Waals surface area (Å²) in [5.41, 5.74) is -0.392. The lowest BCUT2D eigenvalue weighted by Crippen LogP contribution is -2.52. The number of aliphatic hydroxyl groups is 2. The first-order chi connectivity index (χ1) is 15.9. The summed E-state index contributed by atoms with van der Waals surface area (Å²) in [7, 11) is 1.51. The van der Waals surface area contributed by atoms with Crippen molar-refractivity contribution in [3.8, 4) is 5.75 Å². The maximum absolute atomic E-state index is 13.6. The zero-order valence-electron chi connectivity index (χ0n) is 20.7. The first kappa shape index (κ1) is 24.7. The van der Waals surface area contributed by atoms with Gasteiger partial charge >= 0.3 is 5.97 Å². The Morgan fingerprint density at radius 2 is 1.97 bits per heavy atom. The molecule has 3 aliphatic rings. The SMILES string of the molecule is C=C1CC[C@H]2[C@@H](/C=C(\C)C(=O)[C@@]3(O)C[C@H](C)[C@H](O)[C@@H]3[C@H]1OC(=O)c1cccc(OC)c1)C2(C)C. The molecule has 184 valence electrons. The number of ketones is 1. The number of rotatable bonds is 3. The standard InChI is InChI=1S/C28H36O6/c1-15-10-11-20-21(27(20,4)5)12-16(2)25(30)28(32)14-17(3)23(29)22(28)24(15)34-26(31)18-8-7-9-19(13-18)33-6/h7-9,12-13,17,20-24,29,32H,1,10-11,14H2,2-6H3/b16-12+/t17-,20-,21+,22+,23-,24-,28+/m0/s1. The van der Waals surface area contributed by atoms with E-state index in [-0.39, 0.29) is 29.2 Å². The first-order valence-electron chi connectivity index (χ1n) is 12.1. The van der Waals surface area contributed by atoms with E-state index in [4.69, 9.17) is 9.47 Å². The number of hydrogen-bond acceptors (Lipinski definition) is 6. The van der Waals surface area contributed by atoms with Crippen LogP contribution in [0, 0.1) is 29.1 Å². The molecule has 6 heteroatoms. The van der Waals surface area contributed by atoms with E-state index >= 15 is 0 Å². The summed E-state index contributed by atoms with van der Waals surface area (Å²) in [6, 6.07) is 6.61. The maximum atomic E-state index is 13.6. The number of hydrogen-bond donors (Lipinski definition) is 2. The van der Waals surface area contributed by atoms with Gasteiger partial charge in [-0.25, -0.2) is 4.79 Å². The molecule has 0 spiro atoms. The Kier molecular flexibility index (Phi) is 6.28. The molecule has 6 nitrogen and oxygen atoms in total. The monoisotopic (exact) mass is 468 g/mol. The zero-order valence-corrected chi connectivity index (χ0v) is 20.7. The molecule has 3 aliphatic carbocycles. The third-order valence-electron chi connectivity index (χ3n) is 8.50. The summed E-state index contributed by atoms with van der Waals surface area (Å²) < 4.78 is 11.2. The lowest BCUT2D eigenvalue weighted by molar-refractivity contribution is -0.144. The van der Waals surface area contributed by atoms with Crippen molar-refractivity contribution in [1.29, 1.82) is 0 Å². The van der Waals surface area contributed by atoms with Crippen molar-refractivity contribution < 1.29 is 29.3 Å². The van der Waals surface area contributed by atoms with Crippen molar-refractivity contribution in [3.63, 3.8) is 0 Å². The summed E-state index contributed by atoms with van der Waals surface area (Å²) in [4.78, 5) is 26.8. The third kappa shape index (κ3) is 4.01. The summed E-state index contributed by atoms with van der Waals surface area (Å²) >= 11 is 0. The fraction of sp³-hybridized carbons (Fsp3) is 0.571. The van der Waals surface area contributed by atoms with E-state index in [1.54, 1.807) is 38.1 Å². The highest BCUT2D eigenvalue weighted by Crippen LogP contribution is 2.62. The lowest BCUT2D eigenvalue weighted by atomic mass is 9.77. The Morgan fingerprint density at radius 3 is 2.65 bits per heavy atom. The molecule has 1 aromatic carbocycles. The molecule has 0 radical (unpaired) electrons. The normalized spacial score (nSPS) is 38.6. The summed E-state index contributed by atoms with van der Waals surface area (Å²) in [6.07, 6.45) is 1.48. The summed E-state index contributed by atoms with van der Waals surface area (Å²) in [5.74, 6) is -1.23. The molecule has 0 bridgehead atoms. The van der Waals surface area contributed by atoms with Crippen LogP contribution in [0.15, 0.2) is 48.1 Å². The molecular formula is C28H36O6. The molecule has 0 unspecified atom stereocenters. The van der Waals surface area contributed by atoms with Crippen LogP contribution in [0.3, 0.4) is 0 Å². The number of aliphatic hydroxyl groups excluding tert-OH is 1. The van der Waals surface area contributed by atoms with Crippen LogP contribution in [0.1, 0.15) is 57.3 Å². The number of carbonyl (C=O) groups is 2. The van der Waals surface area contributed by atoms with Crippen molar-refractivity contribution in [3.05, 3.63) is 53.6 Å². The first-order valence-corrected chi connectivity index (χ1v) is 12.1. The second-order valence-electron chi connectivity index (χ2n) is 11.0. The van der Waals surface area contributed by atoms with Crippen LogP contribution in [-0.4, -0.2) is 46.9 Å². The maximum Gasteiger partial charge on any atom is 0.338 e. The molecule has 0 amide bonds.